The molecule has 102 valence electrons. The van der Waals surface area contributed by atoms with Gasteiger partial charge in [-0.15, -0.1) is 0 Å². The maximum absolute atomic E-state index is 2.20. The van der Waals surface area contributed by atoms with Gasteiger partial charge in [0.2, 0.25) is 7.55 Å². The second kappa shape index (κ2) is 4.55. The van der Waals surface area contributed by atoms with Crippen molar-refractivity contribution in [3.8, 4) is 0 Å². The lowest BCUT2D eigenvalue weighted by Crippen LogP contribution is -2.57. The maximum Gasteiger partial charge on any atom is 0.222 e. The van der Waals surface area contributed by atoms with Gasteiger partial charge in [-0.3, -0.25) is 0 Å². The average Bonchev–Trinajstić information content (AvgIpc) is 2.84. The summed E-state index contributed by atoms with van der Waals surface area (Å²) in [6.07, 6.45) is 12.5. The van der Waals surface area contributed by atoms with E-state index >= 15 is 0 Å². The molecular formula is C14H24BN4+. The van der Waals surface area contributed by atoms with Crippen LogP contribution < -0.4 is 8.96 Å². The first kappa shape index (κ1) is 13.9. The highest BCUT2D eigenvalue weighted by Gasteiger charge is 2.19. The van der Waals surface area contributed by atoms with E-state index < -0.39 is 0 Å². The Kier molecular flexibility index (Phi) is 3.33. The van der Waals surface area contributed by atoms with Crippen molar-refractivity contribution in [3.63, 3.8) is 0 Å². The van der Waals surface area contributed by atoms with Crippen molar-refractivity contribution in [2.24, 2.45) is 0 Å². The monoisotopic (exact) mass is 259 g/mol. The molecule has 0 N–H and O–H groups in total. The van der Waals surface area contributed by atoms with Gasteiger partial charge in [0.15, 0.2) is 12.7 Å². The molecule has 0 saturated heterocycles. The van der Waals surface area contributed by atoms with Crippen LogP contribution >= 0.6 is 0 Å². The highest BCUT2D eigenvalue weighted by Crippen LogP contribution is 2.11. The summed E-state index contributed by atoms with van der Waals surface area (Å²) in [4.78, 5) is 0. The first-order chi connectivity index (χ1) is 8.66. The molecule has 0 fully saturated rings. The first-order valence-electron chi connectivity index (χ1n) is 6.70. The quantitative estimate of drug-likeness (QED) is 0.724. The second-order valence-electron chi connectivity index (χ2n) is 6.99. The molecule has 5 heteroatoms. The minimum Gasteiger partial charge on any atom is -0.441 e. The third-order valence-corrected chi connectivity index (χ3v) is 3.13. The topological polar surface area (TPSA) is 17.6 Å². The fraction of sp³-hybridized carbons (Fsp3) is 0.571. The zero-order valence-electron chi connectivity index (χ0n) is 12.8. The maximum atomic E-state index is 2.20. The lowest BCUT2D eigenvalue weighted by Gasteiger charge is -2.15. The number of imidazole rings is 2. The number of hydrogen-bond acceptors (Lipinski definition) is 0. The van der Waals surface area contributed by atoms with Crippen molar-refractivity contribution in [2.75, 3.05) is 0 Å². The molecule has 2 aromatic heterocycles. The third-order valence-electron chi connectivity index (χ3n) is 3.13. The van der Waals surface area contributed by atoms with Crippen LogP contribution in [0, 0.1) is 0 Å². The summed E-state index contributed by atoms with van der Waals surface area (Å²) in [5, 5.41) is 0. The zero-order valence-corrected chi connectivity index (χ0v) is 12.8. The van der Waals surface area contributed by atoms with Gasteiger partial charge in [0.05, 0.1) is 12.4 Å². The van der Waals surface area contributed by atoms with Crippen molar-refractivity contribution in [3.05, 3.63) is 37.4 Å². The van der Waals surface area contributed by atoms with E-state index in [-0.39, 0.29) is 11.1 Å². The van der Waals surface area contributed by atoms with Crippen molar-refractivity contribution in [2.45, 2.75) is 52.6 Å². The number of hydrogen-bond donors (Lipinski definition) is 0. The third kappa shape index (κ3) is 3.28. The molecule has 0 aliphatic rings. The van der Waals surface area contributed by atoms with Crippen LogP contribution in [0.4, 0.5) is 0 Å². The van der Waals surface area contributed by atoms with Crippen LogP contribution in [0.5, 0.6) is 0 Å². The lowest BCUT2D eigenvalue weighted by molar-refractivity contribution is -0.659. The largest absolute Gasteiger partial charge is 0.441 e. The summed E-state index contributed by atoms with van der Waals surface area (Å²) in [6.45, 7) is 13.2. The van der Waals surface area contributed by atoms with E-state index in [9.17, 15) is 0 Å². The molecule has 2 rings (SSSR count). The lowest BCUT2D eigenvalue weighted by atomic mass is 10.1. The fourth-order valence-electron chi connectivity index (χ4n) is 1.82. The Morgan fingerprint density at radius 1 is 0.737 bits per heavy atom. The van der Waals surface area contributed by atoms with Gasteiger partial charge in [0, 0.05) is 0 Å². The normalized spacial score (nSPS) is 12.9. The molecule has 19 heavy (non-hydrogen) atoms. The predicted molar refractivity (Wildman–Crippen MR) is 75.8 cm³/mol. The molecule has 0 aliphatic carbocycles. The minimum absolute atomic E-state index is 0.112. The zero-order chi connectivity index (χ0) is 14.3. The number of aromatic nitrogens is 4. The van der Waals surface area contributed by atoms with Gasteiger partial charge in [-0.25, -0.2) is 9.13 Å². The van der Waals surface area contributed by atoms with Crippen LogP contribution in [-0.2, 0) is 11.1 Å². The summed E-state index contributed by atoms with van der Waals surface area (Å²) in [5.74, 6) is 0. The van der Waals surface area contributed by atoms with Crippen LogP contribution in [-0.4, -0.2) is 16.7 Å². The van der Waals surface area contributed by atoms with E-state index in [0.717, 1.165) is 0 Å². The molecule has 0 atom stereocenters. The minimum atomic E-state index is 0.112. The molecule has 0 aromatic carbocycles. The Hall–Kier alpha value is -1.52. The Morgan fingerprint density at radius 2 is 1.11 bits per heavy atom. The first-order valence-corrected chi connectivity index (χ1v) is 6.70. The standard InChI is InChI=1S/C14H24BN4/c1-13(2,3)16-7-9-18(11-16)15-19-10-8-17(12-19)14(4,5)6/h7-12H,1-6H3/q+1. The molecule has 0 spiro atoms. The Morgan fingerprint density at radius 3 is 1.37 bits per heavy atom. The van der Waals surface area contributed by atoms with E-state index in [1.165, 1.54) is 0 Å². The molecule has 0 saturated carbocycles. The summed E-state index contributed by atoms with van der Waals surface area (Å²) in [5.41, 5.74) is 0.224. The van der Waals surface area contributed by atoms with Gasteiger partial charge in [0.25, 0.3) is 0 Å². The molecule has 0 aliphatic heterocycles. The second-order valence-corrected chi connectivity index (χ2v) is 6.99. The average molecular weight is 259 g/mol. The van der Waals surface area contributed by atoms with E-state index in [4.69, 9.17) is 0 Å². The summed E-state index contributed by atoms with van der Waals surface area (Å²) < 4.78 is 8.53. The highest BCUT2D eigenvalue weighted by molar-refractivity contribution is 6.11. The summed E-state index contributed by atoms with van der Waals surface area (Å²) >= 11 is 0. The van der Waals surface area contributed by atoms with Crippen LogP contribution in [0.1, 0.15) is 41.5 Å². The van der Waals surface area contributed by atoms with Crippen LogP contribution in [0.2, 0.25) is 0 Å². The molecule has 2 heterocycles. The Bertz CT molecular complexity index is 504. The summed E-state index contributed by atoms with van der Waals surface area (Å²) in [6, 6.07) is 0. The van der Waals surface area contributed by atoms with Gasteiger partial charge < -0.3 is 8.96 Å². The van der Waals surface area contributed by atoms with Crippen molar-refractivity contribution in [1.82, 2.24) is 9.13 Å². The van der Waals surface area contributed by atoms with Gasteiger partial charge in [-0.05, 0) is 41.5 Å². The highest BCUT2D eigenvalue weighted by atomic mass is 15.2. The molecular weight excluding hydrogens is 235 g/mol. The number of rotatable bonds is 2. The van der Waals surface area contributed by atoms with Crippen molar-refractivity contribution < 1.29 is 8.96 Å². The van der Waals surface area contributed by atoms with Gasteiger partial charge in [-0.2, -0.15) is 0 Å². The Balaban J connectivity index is 2.14. The predicted octanol–water partition coefficient (Wildman–Crippen LogP) is 1.31. The van der Waals surface area contributed by atoms with Gasteiger partial charge in [0.1, 0.15) is 23.5 Å². The van der Waals surface area contributed by atoms with Crippen LogP contribution in [0.25, 0.3) is 0 Å². The number of nitrogens with zero attached hydrogens (tertiary/aromatic N) is 4. The van der Waals surface area contributed by atoms with E-state index in [0.29, 0.717) is 0 Å². The Labute approximate surface area is 116 Å². The molecule has 4 nitrogen and oxygen atoms in total. The van der Waals surface area contributed by atoms with Crippen molar-refractivity contribution in [1.29, 1.82) is 0 Å². The van der Waals surface area contributed by atoms with Gasteiger partial charge in [-0.1, -0.05) is 0 Å². The molecule has 2 aromatic rings. The smallest absolute Gasteiger partial charge is 0.222 e. The van der Waals surface area contributed by atoms with E-state index in [2.05, 4.69) is 105 Å². The van der Waals surface area contributed by atoms with Crippen LogP contribution in [0.3, 0.4) is 0 Å². The molecule has 2 radical (unpaired) electrons. The SMILES string of the molecule is CC(C)(C)n1cc[n+]([B-][n+]2ccn(C(C)(C)C)c2)c1. The van der Waals surface area contributed by atoms with Crippen LogP contribution in [0.15, 0.2) is 37.4 Å². The van der Waals surface area contributed by atoms with Crippen molar-refractivity contribution >= 4 is 7.55 Å². The molecule has 0 unspecified atom stereocenters. The van der Waals surface area contributed by atoms with Gasteiger partial charge >= 0.3 is 0 Å². The summed E-state index contributed by atoms with van der Waals surface area (Å²) in [7, 11) is 2.06. The van der Waals surface area contributed by atoms with E-state index in [1.54, 1.807) is 0 Å². The molecule has 0 amide bonds. The fourth-order valence-corrected chi connectivity index (χ4v) is 1.82. The van der Waals surface area contributed by atoms with E-state index in [1.807, 2.05) is 0 Å². The molecule has 0 bridgehead atoms.